The molecule has 0 amide bonds. The van der Waals surface area contributed by atoms with Crippen LogP contribution in [0.25, 0.3) is 11.6 Å². The van der Waals surface area contributed by atoms with Crippen LogP contribution in [-0.4, -0.2) is 47.9 Å². The lowest BCUT2D eigenvalue weighted by Crippen LogP contribution is -2.37. The zero-order valence-corrected chi connectivity index (χ0v) is 13.9. The van der Waals surface area contributed by atoms with Crippen LogP contribution < -0.4 is 10.6 Å². The average molecular weight is 332 g/mol. The molecule has 2 aromatic heterocycles. The van der Waals surface area contributed by atoms with Gasteiger partial charge in [0.1, 0.15) is 5.82 Å². The Hall–Kier alpha value is -2.35. The van der Waals surface area contributed by atoms with Crippen molar-refractivity contribution in [1.29, 1.82) is 0 Å². The van der Waals surface area contributed by atoms with Gasteiger partial charge in [0.2, 0.25) is 5.82 Å². The van der Waals surface area contributed by atoms with Gasteiger partial charge < -0.3 is 19.8 Å². The van der Waals surface area contributed by atoms with E-state index < -0.39 is 0 Å². The van der Waals surface area contributed by atoms with Gasteiger partial charge in [-0.1, -0.05) is 0 Å². The molecule has 3 rings (SSSR count). The second-order valence-corrected chi connectivity index (χ2v) is 5.81. The van der Waals surface area contributed by atoms with Crippen LogP contribution in [0.5, 0.6) is 0 Å². The van der Waals surface area contributed by atoms with Gasteiger partial charge in [-0.15, -0.1) is 5.10 Å². The Morgan fingerprint density at radius 2 is 2.38 bits per heavy atom. The molecular formula is C16H24N6O2. The highest BCUT2D eigenvalue weighted by Crippen LogP contribution is 2.28. The van der Waals surface area contributed by atoms with E-state index >= 15 is 0 Å². The number of nitrogens with one attached hydrogen (secondary N) is 3. The predicted octanol–water partition coefficient (Wildman–Crippen LogP) is 1.55. The first kappa shape index (κ1) is 16.5. The third-order valence-corrected chi connectivity index (χ3v) is 3.73. The van der Waals surface area contributed by atoms with Crippen LogP contribution in [0.2, 0.25) is 0 Å². The average Bonchev–Trinajstić information content (AvgIpc) is 3.08. The van der Waals surface area contributed by atoms with Crippen molar-refractivity contribution in [3.63, 3.8) is 0 Å². The lowest BCUT2D eigenvalue weighted by molar-refractivity contribution is 0.123. The summed E-state index contributed by atoms with van der Waals surface area (Å²) in [4.78, 5) is 8.57. The van der Waals surface area contributed by atoms with E-state index in [9.17, 15) is 0 Å². The molecule has 8 nitrogen and oxygen atoms in total. The number of hydrogen-bond acceptors (Lipinski definition) is 5. The molecule has 24 heavy (non-hydrogen) atoms. The van der Waals surface area contributed by atoms with Crippen LogP contribution in [-0.2, 0) is 11.3 Å². The van der Waals surface area contributed by atoms with E-state index in [0.29, 0.717) is 18.1 Å². The summed E-state index contributed by atoms with van der Waals surface area (Å²) in [5.41, 5.74) is 0. The number of nitrogens with zero attached hydrogens (tertiary/aromatic N) is 3. The molecule has 0 bridgehead atoms. The molecule has 0 saturated heterocycles. The first-order chi connectivity index (χ1) is 11.8. The van der Waals surface area contributed by atoms with E-state index in [0.717, 1.165) is 43.9 Å². The third kappa shape index (κ3) is 5.09. The Morgan fingerprint density at radius 3 is 3.12 bits per heavy atom. The lowest BCUT2D eigenvalue weighted by atomic mass is 10.4. The number of H-pyrrole nitrogens is 1. The first-order valence-corrected chi connectivity index (χ1v) is 8.32. The van der Waals surface area contributed by atoms with Crippen molar-refractivity contribution in [1.82, 2.24) is 25.8 Å². The van der Waals surface area contributed by atoms with Crippen LogP contribution in [0, 0.1) is 5.92 Å². The van der Waals surface area contributed by atoms with Crippen LogP contribution in [0.15, 0.2) is 27.8 Å². The molecule has 2 aromatic rings. The van der Waals surface area contributed by atoms with Gasteiger partial charge in [0.05, 0.1) is 12.8 Å². The van der Waals surface area contributed by atoms with Gasteiger partial charge in [-0.05, 0) is 37.3 Å². The van der Waals surface area contributed by atoms with E-state index in [2.05, 4.69) is 30.8 Å². The number of furan rings is 1. The molecule has 0 radical (unpaired) electrons. The minimum Gasteiger partial charge on any atom is -0.461 e. The van der Waals surface area contributed by atoms with Gasteiger partial charge in [0.25, 0.3) is 0 Å². The first-order valence-electron chi connectivity index (χ1n) is 8.32. The van der Waals surface area contributed by atoms with Gasteiger partial charge in [0, 0.05) is 26.8 Å². The molecule has 1 fully saturated rings. The minimum absolute atomic E-state index is 0.506. The molecule has 0 unspecified atom stereocenters. The fourth-order valence-corrected chi connectivity index (χ4v) is 2.19. The zero-order chi connectivity index (χ0) is 16.6. The molecule has 2 heterocycles. The Labute approximate surface area is 141 Å². The van der Waals surface area contributed by atoms with E-state index in [1.54, 1.807) is 13.3 Å². The van der Waals surface area contributed by atoms with E-state index in [4.69, 9.17) is 9.15 Å². The second kappa shape index (κ2) is 8.49. The molecule has 8 heteroatoms. The summed E-state index contributed by atoms with van der Waals surface area (Å²) in [5.74, 6) is 3.46. The van der Waals surface area contributed by atoms with Crippen molar-refractivity contribution in [3.05, 3.63) is 24.2 Å². The van der Waals surface area contributed by atoms with Crippen molar-refractivity contribution < 1.29 is 9.15 Å². The molecule has 1 aliphatic carbocycles. The highest BCUT2D eigenvalue weighted by atomic mass is 16.5. The maximum atomic E-state index is 5.61. The Morgan fingerprint density at radius 1 is 1.46 bits per heavy atom. The second-order valence-electron chi connectivity index (χ2n) is 5.81. The lowest BCUT2D eigenvalue weighted by Gasteiger charge is -2.10. The van der Waals surface area contributed by atoms with Crippen molar-refractivity contribution in [2.45, 2.75) is 25.8 Å². The van der Waals surface area contributed by atoms with Crippen LogP contribution >= 0.6 is 0 Å². The molecule has 3 N–H and O–H groups in total. The van der Waals surface area contributed by atoms with Crippen molar-refractivity contribution in [2.75, 3.05) is 26.8 Å². The highest BCUT2D eigenvalue weighted by Gasteiger charge is 2.20. The topological polar surface area (TPSA) is 100 Å². The van der Waals surface area contributed by atoms with Crippen molar-refractivity contribution in [3.8, 4) is 11.6 Å². The zero-order valence-electron chi connectivity index (χ0n) is 13.9. The summed E-state index contributed by atoms with van der Waals surface area (Å²) in [6.07, 6.45) is 5.22. The summed E-state index contributed by atoms with van der Waals surface area (Å²) in [5, 5.41) is 13.5. The maximum absolute atomic E-state index is 5.61. The largest absolute Gasteiger partial charge is 0.461 e. The smallest absolute Gasteiger partial charge is 0.216 e. The van der Waals surface area contributed by atoms with Gasteiger partial charge >= 0.3 is 0 Å². The fourth-order valence-electron chi connectivity index (χ4n) is 2.19. The number of aliphatic imine (C=N–C) groups is 1. The summed E-state index contributed by atoms with van der Waals surface area (Å²) < 4.78 is 10.9. The SMILES string of the molecule is CN=C(NCCCOCC1CC1)NCc1nc(-c2ccco2)n[nH]1. The quantitative estimate of drug-likeness (QED) is 0.366. The number of hydrogen-bond donors (Lipinski definition) is 3. The van der Waals surface area contributed by atoms with Gasteiger partial charge in [-0.25, -0.2) is 4.98 Å². The molecule has 0 spiro atoms. The van der Waals surface area contributed by atoms with Gasteiger partial charge in [0.15, 0.2) is 11.7 Å². The van der Waals surface area contributed by atoms with E-state index in [-0.39, 0.29) is 0 Å². The molecule has 130 valence electrons. The number of aromatic amines is 1. The third-order valence-electron chi connectivity index (χ3n) is 3.73. The summed E-state index contributed by atoms with van der Waals surface area (Å²) in [6.45, 7) is 3.02. The normalized spacial score (nSPS) is 14.8. The Bertz CT molecular complexity index is 633. The summed E-state index contributed by atoms with van der Waals surface area (Å²) >= 11 is 0. The summed E-state index contributed by atoms with van der Waals surface area (Å²) in [7, 11) is 1.74. The van der Waals surface area contributed by atoms with Gasteiger partial charge in [-0.2, -0.15) is 0 Å². The number of rotatable bonds is 9. The van der Waals surface area contributed by atoms with E-state index in [1.807, 2.05) is 12.1 Å². The fraction of sp³-hybridized carbons (Fsp3) is 0.562. The van der Waals surface area contributed by atoms with Crippen molar-refractivity contribution in [2.24, 2.45) is 10.9 Å². The maximum Gasteiger partial charge on any atom is 0.216 e. The number of aromatic nitrogens is 3. The molecule has 1 aliphatic rings. The monoisotopic (exact) mass is 332 g/mol. The molecule has 0 atom stereocenters. The van der Waals surface area contributed by atoms with Crippen LogP contribution in [0.4, 0.5) is 0 Å². The minimum atomic E-state index is 0.506. The molecule has 0 aromatic carbocycles. The predicted molar refractivity (Wildman–Crippen MR) is 90.4 cm³/mol. The summed E-state index contributed by atoms with van der Waals surface area (Å²) in [6, 6.07) is 3.63. The number of ether oxygens (including phenoxy) is 1. The highest BCUT2D eigenvalue weighted by molar-refractivity contribution is 5.79. The number of guanidine groups is 1. The molecular weight excluding hydrogens is 308 g/mol. The van der Waals surface area contributed by atoms with Gasteiger partial charge in [-0.3, -0.25) is 10.1 Å². The van der Waals surface area contributed by atoms with Crippen LogP contribution in [0.1, 0.15) is 25.1 Å². The standard InChI is InChI=1S/C16H24N6O2/c1-17-16(18-7-3-8-23-11-12-5-6-12)19-10-14-20-15(22-21-14)13-4-2-9-24-13/h2,4,9,12H,3,5-8,10-11H2,1H3,(H2,17,18,19)(H,20,21,22). The van der Waals surface area contributed by atoms with Crippen LogP contribution in [0.3, 0.4) is 0 Å². The Balaban J connectivity index is 1.33. The van der Waals surface area contributed by atoms with Crippen molar-refractivity contribution >= 4 is 5.96 Å². The van der Waals surface area contributed by atoms with E-state index in [1.165, 1.54) is 12.8 Å². The molecule has 0 aliphatic heterocycles. The Kier molecular flexibility index (Phi) is 5.84. The molecule has 1 saturated carbocycles.